The smallest absolute Gasteiger partial charge is 0.296 e. The highest BCUT2D eigenvalue weighted by atomic mass is 16.1. The van der Waals surface area contributed by atoms with E-state index in [1.165, 1.54) is 0 Å². The molecule has 0 unspecified atom stereocenters. The molecule has 2 rings (SSSR count). The first kappa shape index (κ1) is 8.23. The Morgan fingerprint density at radius 3 is 3.00 bits per heavy atom. The zero-order valence-electron chi connectivity index (χ0n) is 7.82. The molecule has 1 aliphatic rings. The quantitative estimate of drug-likeness (QED) is 0.648. The van der Waals surface area contributed by atoms with Crippen molar-refractivity contribution in [2.45, 2.75) is 26.3 Å². The highest BCUT2D eigenvalue weighted by Gasteiger charge is 2.10. The maximum absolute atomic E-state index is 11.4. The van der Waals surface area contributed by atoms with Crippen molar-refractivity contribution in [3.63, 3.8) is 0 Å². The fourth-order valence-corrected chi connectivity index (χ4v) is 1.49. The molecular weight excluding hydrogens is 164 g/mol. The van der Waals surface area contributed by atoms with Gasteiger partial charge in [-0.1, -0.05) is 12.2 Å². The summed E-state index contributed by atoms with van der Waals surface area (Å²) in [7, 11) is 0. The second-order valence-corrected chi connectivity index (χ2v) is 3.53. The van der Waals surface area contributed by atoms with Gasteiger partial charge < -0.3 is 0 Å². The monoisotopic (exact) mass is 176 g/mol. The highest BCUT2D eigenvalue weighted by Crippen LogP contribution is 2.15. The molecule has 1 aliphatic carbocycles. The Kier molecular flexibility index (Phi) is 1.79. The van der Waals surface area contributed by atoms with E-state index in [9.17, 15) is 4.79 Å². The number of allylic oxidation sites excluding steroid dienone is 1. The van der Waals surface area contributed by atoms with E-state index < -0.39 is 0 Å². The molecule has 0 amide bonds. The summed E-state index contributed by atoms with van der Waals surface area (Å²) in [6.45, 7) is 3.96. The predicted molar refractivity (Wildman–Crippen MR) is 51.6 cm³/mol. The number of nitrogens with zero attached hydrogens (tertiary/aromatic N) is 2. The van der Waals surface area contributed by atoms with Gasteiger partial charge in [0.25, 0.3) is 0 Å². The molecule has 0 saturated heterocycles. The van der Waals surface area contributed by atoms with Gasteiger partial charge in [0, 0.05) is 24.2 Å². The average molecular weight is 176 g/mol. The third kappa shape index (κ3) is 1.30. The number of hydrogen-bond acceptors (Lipinski definition) is 2. The lowest BCUT2D eigenvalue weighted by Gasteiger charge is -2.09. The van der Waals surface area contributed by atoms with E-state index in [2.05, 4.69) is 4.98 Å². The van der Waals surface area contributed by atoms with Crippen molar-refractivity contribution in [3.8, 4) is 0 Å². The molecule has 68 valence electrons. The Labute approximate surface area is 76.7 Å². The van der Waals surface area contributed by atoms with E-state index in [1.54, 1.807) is 4.57 Å². The van der Waals surface area contributed by atoms with Crippen molar-refractivity contribution in [1.29, 1.82) is 0 Å². The molecule has 1 aromatic heterocycles. The van der Waals surface area contributed by atoms with Crippen LogP contribution in [0.4, 0.5) is 0 Å². The summed E-state index contributed by atoms with van der Waals surface area (Å²) in [5.74, 6) is 0. The summed E-state index contributed by atoms with van der Waals surface area (Å²) < 4.78 is 1.66. The first-order valence-corrected chi connectivity index (χ1v) is 4.47. The largest absolute Gasteiger partial charge is 0.348 e. The summed E-state index contributed by atoms with van der Waals surface area (Å²) in [4.78, 5) is 15.5. The van der Waals surface area contributed by atoms with E-state index in [-0.39, 0.29) is 11.7 Å². The SMILES string of the molecule is CC(C)n1cc2c(nc1=O)CC=C2. The molecule has 0 aliphatic heterocycles. The van der Waals surface area contributed by atoms with Crippen molar-refractivity contribution in [2.75, 3.05) is 0 Å². The molecule has 3 heteroatoms. The molecule has 0 atom stereocenters. The summed E-state index contributed by atoms with van der Waals surface area (Å²) in [5.41, 5.74) is 1.84. The van der Waals surface area contributed by atoms with Crippen LogP contribution >= 0.6 is 0 Å². The topological polar surface area (TPSA) is 34.9 Å². The summed E-state index contributed by atoms with van der Waals surface area (Å²) in [6.07, 6.45) is 6.73. The lowest BCUT2D eigenvalue weighted by atomic mass is 10.2. The number of fused-ring (bicyclic) bond motifs is 1. The zero-order chi connectivity index (χ0) is 9.42. The van der Waals surface area contributed by atoms with Crippen LogP contribution in [0.1, 0.15) is 31.1 Å². The van der Waals surface area contributed by atoms with Crippen LogP contribution in [0.3, 0.4) is 0 Å². The van der Waals surface area contributed by atoms with E-state index in [0.29, 0.717) is 0 Å². The molecule has 13 heavy (non-hydrogen) atoms. The summed E-state index contributed by atoms with van der Waals surface area (Å²) >= 11 is 0. The Hall–Kier alpha value is -1.38. The minimum atomic E-state index is -0.141. The van der Waals surface area contributed by atoms with Crippen molar-refractivity contribution < 1.29 is 0 Å². The summed E-state index contributed by atoms with van der Waals surface area (Å²) in [5, 5.41) is 0. The third-order valence-corrected chi connectivity index (χ3v) is 2.23. The first-order chi connectivity index (χ1) is 6.18. The molecule has 0 radical (unpaired) electrons. The maximum Gasteiger partial charge on any atom is 0.348 e. The number of aromatic nitrogens is 2. The molecule has 0 saturated carbocycles. The lowest BCUT2D eigenvalue weighted by Crippen LogP contribution is -2.25. The van der Waals surface area contributed by atoms with Crippen LogP contribution in [0.15, 0.2) is 17.1 Å². The minimum absolute atomic E-state index is 0.141. The van der Waals surface area contributed by atoms with Gasteiger partial charge in [-0.25, -0.2) is 4.79 Å². The molecule has 0 bridgehead atoms. The molecule has 1 aromatic rings. The number of rotatable bonds is 1. The van der Waals surface area contributed by atoms with Gasteiger partial charge in [-0.15, -0.1) is 0 Å². The summed E-state index contributed by atoms with van der Waals surface area (Å²) in [6, 6.07) is 0.180. The zero-order valence-corrected chi connectivity index (χ0v) is 7.82. The molecule has 3 nitrogen and oxygen atoms in total. The van der Waals surface area contributed by atoms with E-state index in [0.717, 1.165) is 17.7 Å². The van der Waals surface area contributed by atoms with Gasteiger partial charge in [-0.05, 0) is 13.8 Å². The standard InChI is InChI=1S/C10H12N2O/c1-7(2)12-6-8-4-3-5-9(8)11-10(12)13/h3-4,6-7H,5H2,1-2H3. The fourth-order valence-electron chi connectivity index (χ4n) is 1.49. The Morgan fingerprint density at radius 1 is 1.54 bits per heavy atom. The van der Waals surface area contributed by atoms with Crippen molar-refractivity contribution in [2.24, 2.45) is 0 Å². The van der Waals surface area contributed by atoms with Crippen LogP contribution in [0.25, 0.3) is 6.08 Å². The van der Waals surface area contributed by atoms with Gasteiger partial charge in [0.1, 0.15) is 0 Å². The van der Waals surface area contributed by atoms with Crippen LogP contribution in [0.2, 0.25) is 0 Å². The second kappa shape index (κ2) is 2.83. The van der Waals surface area contributed by atoms with Crippen LogP contribution in [0, 0.1) is 0 Å². The van der Waals surface area contributed by atoms with Gasteiger partial charge in [0.05, 0.1) is 5.69 Å². The predicted octanol–water partition coefficient (Wildman–Crippen LogP) is 1.39. The van der Waals surface area contributed by atoms with Crippen LogP contribution in [-0.4, -0.2) is 9.55 Å². The van der Waals surface area contributed by atoms with Gasteiger partial charge in [0.2, 0.25) is 0 Å². The van der Waals surface area contributed by atoms with E-state index >= 15 is 0 Å². The van der Waals surface area contributed by atoms with Gasteiger partial charge in [0.15, 0.2) is 0 Å². The molecular formula is C10H12N2O. The third-order valence-electron chi connectivity index (χ3n) is 2.23. The first-order valence-electron chi connectivity index (χ1n) is 4.47. The average Bonchev–Trinajstić information content (AvgIpc) is 2.48. The highest BCUT2D eigenvalue weighted by molar-refractivity contribution is 5.56. The van der Waals surface area contributed by atoms with Gasteiger partial charge in [-0.2, -0.15) is 4.98 Å². The Bertz CT molecular complexity index is 415. The molecule has 0 N–H and O–H groups in total. The second-order valence-electron chi connectivity index (χ2n) is 3.53. The normalized spacial score (nSPS) is 13.8. The minimum Gasteiger partial charge on any atom is -0.296 e. The number of hydrogen-bond donors (Lipinski definition) is 0. The van der Waals surface area contributed by atoms with Crippen molar-refractivity contribution in [1.82, 2.24) is 9.55 Å². The Balaban J connectivity index is 2.60. The van der Waals surface area contributed by atoms with Crippen molar-refractivity contribution >= 4 is 6.08 Å². The lowest BCUT2D eigenvalue weighted by molar-refractivity contribution is 0.560. The van der Waals surface area contributed by atoms with Crippen LogP contribution in [0.5, 0.6) is 0 Å². The van der Waals surface area contributed by atoms with Gasteiger partial charge >= 0.3 is 5.69 Å². The molecule has 0 aromatic carbocycles. The molecule has 1 heterocycles. The van der Waals surface area contributed by atoms with Crippen LogP contribution in [-0.2, 0) is 6.42 Å². The van der Waals surface area contributed by atoms with E-state index in [1.807, 2.05) is 32.2 Å². The Morgan fingerprint density at radius 2 is 2.31 bits per heavy atom. The van der Waals surface area contributed by atoms with Crippen LogP contribution < -0.4 is 5.69 Å². The molecule has 0 spiro atoms. The van der Waals surface area contributed by atoms with Crippen molar-refractivity contribution in [3.05, 3.63) is 34.0 Å². The molecule has 0 fully saturated rings. The fraction of sp³-hybridized carbons (Fsp3) is 0.400. The maximum atomic E-state index is 11.4. The van der Waals surface area contributed by atoms with Gasteiger partial charge in [-0.3, -0.25) is 4.57 Å². The van der Waals surface area contributed by atoms with E-state index in [4.69, 9.17) is 0 Å².